The molecule has 2 aromatic carbocycles. The summed E-state index contributed by atoms with van der Waals surface area (Å²) in [6.07, 6.45) is 1.09. The average molecular weight is 376 g/mol. The number of Topliss-reactive ketones (excluding diaryl/α,β-unsaturated/α-hetero) is 1. The van der Waals surface area contributed by atoms with Gasteiger partial charge in [0.05, 0.1) is 17.1 Å². The van der Waals surface area contributed by atoms with Crippen molar-refractivity contribution in [1.82, 2.24) is 0 Å². The molecule has 0 saturated heterocycles. The summed E-state index contributed by atoms with van der Waals surface area (Å²) in [5.74, 6) is -0.157. The third kappa shape index (κ3) is 4.92. The Morgan fingerprint density at radius 3 is 2.15 bits per heavy atom. The molecule has 0 heterocycles. The maximum Gasteiger partial charge on any atom is 0.338 e. The van der Waals surface area contributed by atoms with Crippen LogP contribution in [0.2, 0.25) is 0 Å². The van der Waals surface area contributed by atoms with Crippen molar-refractivity contribution in [3.63, 3.8) is 0 Å². The molecule has 26 heavy (non-hydrogen) atoms. The van der Waals surface area contributed by atoms with E-state index in [1.54, 1.807) is 18.2 Å². The molecule has 0 aliphatic carbocycles. The van der Waals surface area contributed by atoms with Gasteiger partial charge in [0.1, 0.15) is 12.4 Å². The maximum absolute atomic E-state index is 12.2. The topological polar surface area (TPSA) is 86.7 Å². The number of ether oxygens (including phenoxy) is 2. The Balaban J connectivity index is 2.15. The van der Waals surface area contributed by atoms with Gasteiger partial charge in [-0.3, -0.25) is 4.79 Å². The Bertz CT molecular complexity index is 914. The Morgan fingerprint density at radius 1 is 1.00 bits per heavy atom. The van der Waals surface area contributed by atoms with E-state index in [0.29, 0.717) is 23.5 Å². The lowest BCUT2D eigenvalue weighted by molar-refractivity contribution is 0.0469. The molecule has 0 bridgehead atoms. The lowest BCUT2D eigenvalue weighted by atomic mass is 10.1. The first-order valence-corrected chi connectivity index (χ1v) is 9.85. The summed E-state index contributed by atoms with van der Waals surface area (Å²) < 4.78 is 33.7. The second-order valence-electron chi connectivity index (χ2n) is 5.68. The van der Waals surface area contributed by atoms with Crippen LogP contribution in [0.4, 0.5) is 0 Å². The zero-order valence-electron chi connectivity index (χ0n) is 14.8. The number of hydrogen-bond donors (Lipinski definition) is 0. The highest BCUT2D eigenvalue weighted by Gasteiger charge is 2.13. The molecule has 7 heteroatoms. The number of esters is 1. The summed E-state index contributed by atoms with van der Waals surface area (Å²) >= 11 is 0. The van der Waals surface area contributed by atoms with E-state index in [0.717, 1.165) is 6.26 Å². The first kappa shape index (κ1) is 19.7. The van der Waals surface area contributed by atoms with Crippen LogP contribution in [0.15, 0.2) is 47.4 Å². The molecule has 0 amide bonds. The van der Waals surface area contributed by atoms with E-state index in [4.69, 9.17) is 9.47 Å². The van der Waals surface area contributed by atoms with E-state index in [1.165, 1.54) is 31.2 Å². The molecule has 2 rings (SSSR count). The van der Waals surface area contributed by atoms with E-state index in [1.807, 2.05) is 6.92 Å². The summed E-state index contributed by atoms with van der Waals surface area (Å²) in [7, 11) is -3.33. The molecule has 6 nitrogen and oxygen atoms in total. The average Bonchev–Trinajstić information content (AvgIpc) is 2.60. The molecule has 0 spiro atoms. The van der Waals surface area contributed by atoms with Gasteiger partial charge in [-0.1, -0.05) is 0 Å². The molecule has 0 fully saturated rings. The van der Waals surface area contributed by atoms with Gasteiger partial charge >= 0.3 is 5.97 Å². The van der Waals surface area contributed by atoms with Gasteiger partial charge in [0, 0.05) is 17.4 Å². The molecule has 0 radical (unpaired) electrons. The van der Waals surface area contributed by atoms with Gasteiger partial charge in [-0.2, -0.15) is 0 Å². The fraction of sp³-hybridized carbons (Fsp3) is 0.263. The maximum atomic E-state index is 12.2. The molecular formula is C19H20O6S. The molecule has 138 valence electrons. The van der Waals surface area contributed by atoms with Gasteiger partial charge in [0.15, 0.2) is 15.6 Å². The molecule has 0 saturated carbocycles. The predicted octanol–water partition coefficient (Wildman–Crippen LogP) is 3.05. The number of ketones is 1. The molecule has 0 aliphatic rings. The van der Waals surface area contributed by atoms with Gasteiger partial charge < -0.3 is 9.47 Å². The van der Waals surface area contributed by atoms with Crippen LogP contribution >= 0.6 is 0 Å². The zero-order chi connectivity index (χ0) is 19.3. The number of rotatable bonds is 7. The number of hydrogen-bond acceptors (Lipinski definition) is 6. The number of carbonyl (C=O) groups is 2. The smallest absolute Gasteiger partial charge is 0.338 e. The van der Waals surface area contributed by atoms with Crippen LogP contribution in [-0.2, 0) is 21.2 Å². The Morgan fingerprint density at radius 2 is 1.62 bits per heavy atom. The summed E-state index contributed by atoms with van der Waals surface area (Å²) in [6, 6.07) is 10.5. The monoisotopic (exact) mass is 376 g/mol. The van der Waals surface area contributed by atoms with E-state index in [9.17, 15) is 18.0 Å². The summed E-state index contributed by atoms with van der Waals surface area (Å²) in [5, 5.41) is 0. The van der Waals surface area contributed by atoms with E-state index in [-0.39, 0.29) is 22.8 Å². The van der Waals surface area contributed by atoms with Crippen LogP contribution in [0, 0.1) is 0 Å². The normalized spacial score (nSPS) is 11.0. The van der Waals surface area contributed by atoms with Gasteiger partial charge in [-0.05, 0) is 56.3 Å². The van der Waals surface area contributed by atoms with Crippen LogP contribution in [0.25, 0.3) is 0 Å². The molecular weight excluding hydrogens is 356 g/mol. The van der Waals surface area contributed by atoms with Crippen LogP contribution in [0.5, 0.6) is 5.75 Å². The fourth-order valence-corrected chi connectivity index (χ4v) is 2.90. The summed E-state index contributed by atoms with van der Waals surface area (Å²) in [5.41, 5.74) is 1.32. The van der Waals surface area contributed by atoms with E-state index >= 15 is 0 Å². The van der Waals surface area contributed by atoms with Crippen molar-refractivity contribution in [2.24, 2.45) is 0 Å². The van der Waals surface area contributed by atoms with Crippen molar-refractivity contribution >= 4 is 21.6 Å². The predicted molar refractivity (Wildman–Crippen MR) is 96.3 cm³/mol. The van der Waals surface area contributed by atoms with Crippen molar-refractivity contribution in [3.05, 3.63) is 59.2 Å². The Kier molecular flexibility index (Phi) is 6.15. The lowest BCUT2D eigenvalue weighted by Gasteiger charge is -2.12. The quantitative estimate of drug-likeness (QED) is 0.545. The van der Waals surface area contributed by atoms with Crippen molar-refractivity contribution in [2.45, 2.75) is 25.3 Å². The van der Waals surface area contributed by atoms with Crippen molar-refractivity contribution < 1.29 is 27.5 Å². The van der Waals surface area contributed by atoms with E-state index < -0.39 is 15.8 Å². The van der Waals surface area contributed by atoms with Gasteiger partial charge in [-0.25, -0.2) is 13.2 Å². The minimum Gasteiger partial charge on any atom is -0.493 e. The number of sulfone groups is 1. The second-order valence-corrected chi connectivity index (χ2v) is 7.70. The fourth-order valence-electron chi connectivity index (χ4n) is 2.27. The number of carbonyl (C=O) groups excluding carboxylic acids is 2. The first-order valence-electron chi connectivity index (χ1n) is 7.96. The largest absolute Gasteiger partial charge is 0.493 e. The van der Waals surface area contributed by atoms with Crippen LogP contribution in [0.3, 0.4) is 0 Å². The van der Waals surface area contributed by atoms with Gasteiger partial charge in [0.2, 0.25) is 0 Å². The zero-order valence-corrected chi connectivity index (χ0v) is 15.6. The van der Waals surface area contributed by atoms with Gasteiger partial charge in [-0.15, -0.1) is 0 Å². The molecule has 0 aliphatic heterocycles. The standard InChI is InChI=1S/C19H20O6S/c1-4-24-18-10-7-15(13(2)20)11-16(18)12-25-19(21)14-5-8-17(9-6-14)26(3,22)23/h5-11H,4,12H2,1-3H3. The third-order valence-electron chi connectivity index (χ3n) is 3.64. The van der Waals surface area contributed by atoms with E-state index in [2.05, 4.69) is 0 Å². The number of benzene rings is 2. The highest BCUT2D eigenvalue weighted by Crippen LogP contribution is 2.22. The van der Waals surface area contributed by atoms with Crippen LogP contribution < -0.4 is 4.74 Å². The van der Waals surface area contributed by atoms with Crippen molar-refractivity contribution in [2.75, 3.05) is 12.9 Å². The van der Waals surface area contributed by atoms with Crippen LogP contribution in [0.1, 0.15) is 40.1 Å². The molecule has 0 unspecified atom stereocenters. The summed E-state index contributed by atoms with van der Waals surface area (Å²) in [6.45, 7) is 3.66. The Labute approximate surface area is 152 Å². The van der Waals surface area contributed by atoms with Crippen molar-refractivity contribution in [1.29, 1.82) is 0 Å². The first-order chi connectivity index (χ1) is 12.2. The molecule has 0 atom stereocenters. The highest BCUT2D eigenvalue weighted by molar-refractivity contribution is 7.90. The molecule has 0 N–H and O–H groups in total. The minimum absolute atomic E-state index is 0.0664. The molecule has 2 aromatic rings. The molecule has 0 aromatic heterocycles. The van der Waals surface area contributed by atoms with Crippen molar-refractivity contribution in [3.8, 4) is 5.75 Å². The second kappa shape index (κ2) is 8.14. The van der Waals surface area contributed by atoms with Crippen LogP contribution in [-0.4, -0.2) is 33.0 Å². The third-order valence-corrected chi connectivity index (χ3v) is 4.77. The highest BCUT2D eigenvalue weighted by atomic mass is 32.2. The van der Waals surface area contributed by atoms with Gasteiger partial charge in [0.25, 0.3) is 0 Å². The lowest BCUT2D eigenvalue weighted by Crippen LogP contribution is -2.08. The SMILES string of the molecule is CCOc1ccc(C(C)=O)cc1COC(=O)c1ccc(S(C)(=O)=O)cc1. The Hall–Kier alpha value is -2.67. The minimum atomic E-state index is -3.33. The summed E-state index contributed by atoms with van der Waals surface area (Å²) in [4.78, 5) is 23.9.